The molecule has 7 nitrogen and oxygen atoms in total. The lowest BCUT2D eigenvalue weighted by atomic mass is 9.82. The van der Waals surface area contributed by atoms with Gasteiger partial charge in [0.1, 0.15) is 5.82 Å². The van der Waals surface area contributed by atoms with Crippen molar-refractivity contribution in [3.8, 4) is 0 Å². The molecule has 0 N–H and O–H groups in total. The number of nitrogens with zero attached hydrogens (tertiary/aromatic N) is 6. The molecule has 0 saturated carbocycles. The van der Waals surface area contributed by atoms with Crippen LogP contribution in [0.2, 0.25) is 0 Å². The molecule has 0 aromatic carbocycles. The summed E-state index contributed by atoms with van der Waals surface area (Å²) in [7, 11) is 0. The minimum atomic E-state index is 0.0632. The molecule has 4 rings (SSSR count). The summed E-state index contributed by atoms with van der Waals surface area (Å²) < 4.78 is 8.10. The summed E-state index contributed by atoms with van der Waals surface area (Å²) in [5, 5.41) is 9.22. The van der Waals surface area contributed by atoms with Crippen LogP contribution in [0.4, 0.5) is 5.95 Å². The standard InChI is InChI=1S/C20H30N6O/c1-15(2)12-26-18(16(3)17-11-21-7-8-22-17)23-24-19(26)25-9-6-20(13-25)5-4-10-27-14-20/h7-8,11,15-16H,4-6,9-10,12-14H2,1-3H3. The molecule has 2 saturated heterocycles. The Hall–Kier alpha value is -2.02. The van der Waals surface area contributed by atoms with Gasteiger partial charge in [0.15, 0.2) is 0 Å². The zero-order valence-electron chi connectivity index (χ0n) is 16.6. The maximum Gasteiger partial charge on any atom is 0.227 e. The largest absolute Gasteiger partial charge is 0.381 e. The summed E-state index contributed by atoms with van der Waals surface area (Å²) in [6.45, 7) is 11.3. The molecular formula is C20H30N6O. The van der Waals surface area contributed by atoms with Crippen LogP contribution in [0, 0.1) is 11.3 Å². The maximum absolute atomic E-state index is 5.80. The van der Waals surface area contributed by atoms with Crippen molar-refractivity contribution in [2.24, 2.45) is 11.3 Å². The first-order valence-corrected chi connectivity index (χ1v) is 10.1. The van der Waals surface area contributed by atoms with Crippen molar-refractivity contribution in [3.63, 3.8) is 0 Å². The average molecular weight is 371 g/mol. The van der Waals surface area contributed by atoms with Crippen molar-refractivity contribution in [1.29, 1.82) is 0 Å². The fraction of sp³-hybridized carbons (Fsp3) is 0.700. The van der Waals surface area contributed by atoms with Gasteiger partial charge in [0.25, 0.3) is 0 Å². The van der Waals surface area contributed by atoms with Crippen LogP contribution in [-0.2, 0) is 11.3 Å². The van der Waals surface area contributed by atoms with E-state index in [9.17, 15) is 0 Å². The Labute approximate surface area is 161 Å². The van der Waals surface area contributed by atoms with E-state index in [1.54, 1.807) is 12.4 Å². The lowest BCUT2D eigenvalue weighted by Crippen LogP contribution is -2.35. The van der Waals surface area contributed by atoms with E-state index in [2.05, 4.69) is 50.4 Å². The molecule has 0 radical (unpaired) electrons. The Morgan fingerprint density at radius 2 is 2.07 bits per heavy atom. The molecule has 0 bridgehead atoms. The summed E-state index contributed by atoms with van der Waals surface area (Å²) in [5.74, 6) is 2.55. The van der Waals surface area contributed by atoms with Gasteiger partial charge in [-0.2, -0.15) is 0 Å². The van der Waals surface area contributed by atoms with Gasteiger partial charge in [-0.25, -0.2) is 0 Å². The second kappa shape index (κ2) is 7.54. The number of hydrogen-bond donors (Lipinski definition) is 0. The third-order valence-electron chi connectivity index (χ3n) is 5.85. The predicted octanol–water partition coefficient (Wildman–Crippen LogP) is 2.88. The molecule has 7 heteroatoms. The van der Waals surface area contributed by atoms with E-state index in [0.717, 1.165) is 50.3 Å². The Bertz CT molecular complexity index is 753. The van der Waals surface area contributed by atoms with E-state index in [0.29, 0.717) is 11.3 Å². The van der Waals surface area contributed by atoms with Crippen LogP contribution >= 0.6 is 0 Å². The molecule has 2 aromatic heterocycles. The van der Waals surface area contributed by atoms with Crippen molar-refractivity contribution >= 4 is 5.95 Å². The van der Waals surface area contributed by atoms with Gasteiger partial charge in [-0.05, 0) is 32.1 Å². The number of ether oxygens (including phenoxy) is 1. The van der Waals surface area contributed by atoms with Crippen molar-refractivity contribution in [2.75, 3.05) is 31.2 Å². The highest BCUT2D eigenvalue weighted by Gasteiger charge is 2.41. The average Bonchev–Trinajstić information content (AvgIpc) is 3.26. The van der Waals surface area contributed by atoms with E-state index in [1.165, 1.54) is 19.3 Å². The fourth-order valence-corrected chi connectivity index (χ4v) is 4.41. The summed E-state index contributed by atoms with van der Waals surface area (Å²) >= 11 is 0. The molecule has 2 unspecified atom stereocenters. The van der Waals surface area contributed by atoms with Crippen molar-refractivity contribution in [3.05, 3.63) is 30.1 Å². The zero-order valence-corrected chi connectivity index (χ0v) is 16.6. The summed E-state index contributed by atoms with van der Waals surface area (Å²) in [6, 6.07) is 0. The number of aromatic nitrogens is 5. The molecule has 1 spiro atoms. The highest BCUT2D eigenvalue weighted by atomic mass is 16.5. The highest BCUT2D eigenvalue weighted by Crippen LogP contribution is 2.40. The lowest BCUT2D eigenvalue weighted by molar-refractivity contribution is 0.00433. The van der Waals surface area contributed by atoms with E-state index < -0.39 is 0 Å². The van der Waals surface area contributed by atoms with Crippen LogP contribution in [0.15, 0.2) is 18.6 Å². The number of anilines is 1. The minimum absolute atomic E-state index is 0.0632. The normalized spacial score (nSPS) is 24.1. The Morgan fingerprint density at radius 1 is 1.19 bits per heavy atom. The second-order valence-corrected chi connectivity index (χ2v) is 8.54. The molecular weight excluding hydrogens is 340 g/mol. The maximum atomic E-state index is 5.80. The van der Waals surface area contributed by atoms with Gasteiger partial charge in [0, 0.05) is 50.2 Å². The highest BCUT2D eigenvalue weighted by molar-refractivity contribution is 5.36. The van der Waals surface area contributed by atoms with E-state index in [1.807, 2.05) is 6.20 Å². The predicted molar refractivity (Wildman–Crippen MR) is 104 cm³/mol. The van der Waals surface area contributed by atoms with Gasteiger partial charge in [0.2, 0.25) is 5.95 Å². The zero-order chi connectivity index (χ0) is 18.9. The third-order valence-corrected chi connectivity index (χ3v) is 5.85. The molecule has 27 heavy (non-hydrogen) atoms. The summed E-state index contributed by atoms with van der Waals surface area (Å²) in [5.41, 5.74) is 1.23. The van der Waals surface area contributed by atoms with Crippen LogP contribution < -0.4 is 4.90 Å². The molecule has 2 fully saturated rings. The van der Waals surface area contributed by atoms with Crippen molar-refractivity contribution < 1.29 is 4.74 Å². The first-order chi connectivity index (χ1) is 13.1. The SMILES string of the molecule is CC(C)Cn1c(C(C)c2cnccn2)nnc1N1CCC2(CCCOC2)C1. The van der Waals surface area contributed by atoms with Crippen LogP contribution in [-0.4, -0.2) is 51.0 Å². The Balaban J connectivity index is 1.62. The molecule has 146 valence electrons. The second-order valence-electron chi connectivity index (χ2n) is 8.54. The van der Waals surface area contributed by atoms with Gasteiger partial charge >= 0.3 is 0 Å². The Morgan fingerprint density at radius 3 is 2.78 bits per heavy atom. The van der Waals surface area contributed by atoms with E-state index in [-0.39, 0.29) is 5.92 Å². The smallest absolute Gasteiger partial charge is 0.227 e. The van der Waals surface area contributed by atoms with Gasteiger partial charge in [-0.1, -0.05) is 13.8 Å². The summed E-state index contributed by atoms with van der Waals surface area (Å²) in [4.78, 5) is 11.1. The molecule has 0 aliphatic carbocycles. The first-order valence-electron chi connectivity index (χ1n) is 10.1. The van der Waals surface area contributed by atoms with Gasteiger partial charge in [0.05, 0.1) is 18.2 Å². The summed E-state index contributed by atoms with van der Waals surface area (Å²) in [6.07, 6.45) is 8.87. The molecule has 2 atom stereocenters. The monoisotopic (exact) mass is 370 g/mol. The Kier molecular flexibility index (Phi) is 5.12. The molecule has 2 aliphatic rings. The molecule has 2 aliphatic heterocycles. The van der Waals surface area contributed by atoms with E-state index >= 15 is 0 Å². The quantitative estimate of drug-likeness (QED) is 0.806. The lowest BCUT2D eigenvalue weighted by Gasteiger charge is -2.33. The van der Waals surface area contributed by atoms with Crippen LogP contribution in [0.1, 0.15) is 57.5 Å². The molecule has 2 aromatic rings. The van der Waals surface area contributed by atoms with Crippen LogP contribution in [0.5, 0.6) is 0 Å². The van der Waals surface area contributed by atoms with Crippen LogP contribution in [0.3, 0.4) is 0 Å². The first kappa shape index (κ1) is 18.3. The van der Waals surface area contributed by atoms with Crippen molar-refractivity contribution in [2.45, 2.75) is 52.5 Å². The number of hydrogen-bond acceptors (Lipinski definition) is 6. The van der Waals surface area contributed by atoms with Gasteiger partial charge in [-0.3, -0.25) is 14.5 Å². The molecule has 0 amide bonds. The van der Waals surface area contributed by atoms with Crippen molar-refractivity contribution in [1.82, 2.24) is 24.7 Å². The van der Waals surface area contributed by atoms with E-state index in [4.69, 9.17) is 4.74 Å². The topological polar surface area (TPSA) is 69.0 Å². The van der Waals surface area contributed by atoms with Crippen LogP contribution in [0.25, 0.3) is 0 Å². The third kappa shape index (κ3) is 3.70. The fourth-order valence-electron chi connectivity index (χ4n) is 4.41. The van der Waals surface area contributed by atoms with Gasteiger partial charge < -0.3 is 9.64 Å². The molecule has 4 heterocycles. The number of rotatable bonds is 5. The van der Waals surface area contributed by atoms with Gasteiger partial charge in [-0.15, -0.1) is 10.2 Å². The minimum Gasteiger partial charge on any atom is -0.381 e.